The van der Waals surface area contributed by atoms with Crippen LogP contribution < -0.4 is 5.73 Å². The Morgan fingerprint density at radius 1 is 1.14 bits per heavy atom. The monoisotopic (exact) mass is 309 g/mol. The van der Waals surface area contributed by atoms with Crippen molar-refractivity contribution >= 4 is 39.4 Å². The summed E-state index contributed by atoms with van der Waals surface area (Å²) < 4.78 is 0. The molecular formula is C16H12ClN5. The predicted octanol–water partition coefficient (Wildman–Crippen LogP) is 3.33. The van der Waals surface area contributed by atoms with E-state index in [-0.39, 0.29) is 0 Å². The second kappa shape index (κ2) is 4.96. The van der Waals surface area contributed by atoms with Gasteiger partial charge in [-0.2, -0.15) is 0 Å². The number of nitrogens with one attached hydrogen (secondary N) is 1. The van der Waals surface area contributed by atoms with Crippen molar-refractivity contribution in [2.75, 3.05) is 5.73 Å². The van der Waals surface area contributed by atoms with Crippen LogP contribution in [0.2, 0.25) is 5.02 Å². The summed E-state index contributed by atoms with van der Waals surface area (Å²) in [4.78, 5) is 16.1. The number of hydrogen-bond acceptors (Lipinski definition) is 4. The maximum atomic E-state index is 6.00. The fourth-order valence-electron chi connectivity index (χ4n) is 2.55. The van der Waals surface area contributed by atoms with E-state index in [1.165, 1.54) is 0 Å². The molecule has 108 valence electrons. The summed E-state index contributed by atoms with van der Waals surface area (Å²) in [5.41, 5.74) is 9.49. The highest BCUT2D eigenvalue weighted by atomic mass is 35.5. The van der Waals surface area contributed by atoms with Gasteiger partial charge in [0.15, 0.2) is 5.82 Å². The fraction of sp³-hybridized carbons (Fsp3) is 0.0625. The molecule has 0 amide bonds. The molecule has 4 rings (SSSR count). The third-order valence-electron chi connectivity index (χ3n) is 3.56. The summed E-state index contributed by atoms with van der Waals surface area (Å²) in [6, 6.07) is 9.88. The van der Waals surface area contributed by atoms with Crippen molar-refractivity contribution in [2.45, 2.75) is 6.42 Å². The van der Waals surface area contributed by atoms with Crippen molar-refractivity contribution < 1.29 is 0 Å². The Labute approximate surface area is 131 Å². The molecule has 0 bridgehead atoms. The topological polar surface area (TPSA) is 80.5 Å². The van der Waals surface area contributed by atoms with Gasteiger partial charge in [0.1, 0.15) is 11.3 Å². The number of hydrogen-bond donors (Lipinski definition) is 2. The minimum atomic E-state index is 0.439. The van der Waals surface area contributed by atoms with Gasteiger partial charge in [0.25, 0.3) is 0 Å². The lowest BCUT2D eigenvalue weighted by Gasteiger charge is -2.02. The quantitative estimate of drug-likeness (QED) is 0.595. The molecule has 0 unspecified atom stereocenters. The van der Waals surface area contributed by atoms with E-state index in [0.717, 1.165) is 27.8 Å². The van der Waals surface area contributed by atoms with Gasteiger partial charge < -0.3 is 10.7 Å². The Bertz CT molecular complexity index is 992. The summed E-state index contributed by atoms with van der Waals surface area (Å²) in [5.74, 6) is 1.29. The van der Waals surface area contributed by atoms with E-state index < -0.39 is 0 Å². The molecule has 0 aliphatic carbocycles. The van der Waals surface area contributed by atoms with Gasteiger partial charge in [-0.1, -0.05) is 17.7 Å². The Balaban J connectivity index is 1.73. The van der Waals surface area contributed by atoms with E-state index >= 15 is 0 Å². The van der Waals surface area contributed by atoms with Crippen LogP contribution in [0.1, 0.15) is 11.4 Å². The number of aromatic nitrogens is 4. The van der Waals surface area contributed by atoms with Crippen molar-refractivity contribution in [1.82, 2.24) is 19.9 Å². The summed E-state index contributed by atoms with van der Waals surface area (Å²) in [6.07, 6.45) is 4.00. The van der Waals surface area contributed by atoms with E-state index in [1.54, 1.807) is 12.4 Å². The van der Waals surface area contributed by atoms with Crippen LogP contribution in [0.25, 0.3) is 21.9 Å². The molecule has 0 fully saturated rings. The van der Waals surface area contributed by atoms with E-state index in [4.69, 9.17) is 17.3 Å². The van der Waals surface area contributed by atoms with Crippen LogP contribution in [0.3, 0.4) is 0 Å². The zero-order valence-electron chi connectivity index (χ0n) is 11.5. The average Bonchev–Trinajstić information content (AvgIpc) is 2.91. The van der Waals surface area contributed by atoms with E-state index in [1.807, 2.05) is 24.3 Å². The first-order valence-corrected chi connectivity index (χ1v) is 7.20. The Hall–Kier alpha value is -2.66. The minimum absolute atomic E-state index is 0.439. The molecule has 0 saturated heterocycles. The van der Waals surface area contributed by atoms with Gasteiger partial charge in [-0.05, 0) is 29.8 Å². The lowest BCUT2D eigenvalue weighted by molar-refractivity contribution is 1.04. The molecule has 0 aliphatic rings. The third-order valence-corrected chi connectivity index (χ3v) is 3.77. The van der Waals surface area contributed by atoms with Gasteiger partial charge in [-0.15, -0.1) is 0 Å². The maximum absolute atomic E-state index is 6.00. The highest BCUT2D eigenvalue weighted by molar-refractivity contribution is 6.31. The summed E-state index contributed by atoms with van der Waals surface area (Å²) >= 11 is 6.00. The molecule has 3 N–H and O–H groups in total. The predicted molar refractivity (Wildman–Crippen MR) is 87.9 cm³/mol. The number of fused-ring (bicyclic) bond motifs is 2. The average molecular weight is 310 g/mol. The first kappa shape index (κ1) is 13.0. The molecule has 1 aromatic carbocycles. The highest BCUT2D eigenvalue weighted by Gasteiger charge is 2.07. The van der Waals surface area contributed by atoms with Crippen molar-refractivity contribution in [2.24, 2.45) is 0 Å². The van der Waals surface area contributed by atoms with Crippen LogP contribution >= 0.6 is 11.6 Å². The number of nitrogen functional groups attached to an aromatic ring is 1. The van der Waals surface area contributed by atoms with E-state index in [0.29, 0.717) is 22.8 Å². The number of anilines is 1. The zero-order chi connectivity index (χ0) is 15.1. The number of halogens is 1. The first-order valence-electron chi connectivity index (χ1n) is 6.82. The SMILES string of the molecule is Nc1nccc2[nH]c(Cc3ccc4ncc(Cl)cc4c3)nc12. The molecule has 3 aromatic heterocycles. The van der Waals surface area contributed by atoms with Crippen LogP contribution in [0, 0.1) is 0 Å². The number of imidazole rings is 1. The molecule has 0 atom stereocenters. The molecular weight excluding hydrogens is 298 g/mol. The Morgan fingerprint density at radius 2 is 2.05 bits per heavy atom. The zero-order valence-corrected chi connectivity index (χ0v) is 12.3. The largest absolute Gasteiger partial charge is 0.382 e. The van der Waals surface area contributed by atoms with Crippen molar-refractivity contribution in [1.29, 1.82) is 0 Å². The van der Waals surface area contributed by atoms with Crippen LogP contribution in [0.4, 0.5) is 5.82 Å². The van der Waals surface area contributed by atoms with Gasteiger partial charge in [0.2, 0.25) is 0 Å². The summed E-state index contributed by atoms with van der Waals surface area (Å²) in [7, 11) is 0. The molecule has 22 heavy (non-hydrogen) atoms. The third kappa shape index (κ3) is 2.25. The maximum Gasteiger partial charge on any atom is 0.151 e. The van der Waals surface area contributed by atoms with Gasteiger partial charge in [-0.25, -0.2) is 9.97 Å². The van der Waals surface area contributed by atoms with Crippen LogP contribution in [-0.4, -0.2) is 19.9 Å². The summed E-state index contributed by atoms with van der Waals surface area (Å²) in [5, 5.41) is 1.65. The van der Waals surface area contributed by atoms with Crippen LogP contribution in [-0.2, 0) is 6.42 Å². The van der Waals surface area contributed by atoms with Crippen LogP contribution in [0.5, 0.6) is 0 Å². The fourth-order valence-corrected chi connectivity index (χ4v) is 2.71. The van der Waals surface area contributed by atoms with Crippen molar-refractivity contribution in [3.8, 4) is 0 Å². The highest BCUT2D eigenvalue weighted by Crippen LogP contribution is 2.21. The van der Waals surface area contributed by atoms with Gasteiger partial charge in [0.05, 0.1) is 16.1 Å². The second-order valence-electron chi connectivity index (χ2n) is 5.13. The number of H-pyrrole nitrogens is 1. The lowest BCUT2D eigenvalue weighted by atomic mass is 10.1. The normalized spacial score (nSPS) is 11.3. The molecule has 3 heterocycles. The number of benzene rings is 1. The number of nitrogens with zero attached hydrogens (tertiary/aromatic N) is 3. The summed E-state index contributed by atoms with van der Waals surface area (Å²) in [6.45, 7) is 0. The number of rotatable bonds is 2. The number of aromatic amines is 1. The molecule has 5 nitrogen and oxygen atoms in total. The Morgan fingerprint density at radius 3 is 2.91 bits per heavy atom. The molecule has 0 aliphatic heterocycles. The van der Waals surface area contributed by atoms with Crippen LogP contribution in [0.15, 0.2) is 42.7 Å². The first-order chi connectivity index (χ1) is 10.7. The lowest BCUT2D eigenvalue weighted by Crippen LogP contribution is -1.92. The molecule has 0 spiro atoms. The molecule has 4 aromatic rings. The number of pyridine rings is 2. The van der Waals surface area contributed by atoms with Gasteiger partial charge in [0, 0.05) is 24.2 Å². The molecule has 0 radical (unpaired) electrons. The van der Waals surface area contributed by atoms with Crippen molar-refractivity contribution in [3.63, 3.8) is 0 Å². The van der Waals surface area contributed by atoms with Crippen molar-refractivity contribution in [3.05, 3.63) is 59.1 Å². The number of nitrogens with two attached hydrogens (primary N) is 1. The van der Waals surface area contributed by atoms with E-state index in [9.17, 15) is 0 Å². The standard InChI is InChI=1S/C16H12ClN5/c17-11-7-10-5-9(1-2-12(10)20-8-11)6-14-21-13-3-4-19-16(18)15(13)22-14/h1-5,7-8H,6H2,(H2,18,19)(H,21,22). The smallest absolute Gasteiger partial charge is 0.151 e. The minimum Gasteiger partial charge on any atom is -0.382 e. The molecule has 0 saturated carbocycles. The molecule has 6 heteroatoms. The van der Waals surface area contributed by atoms with Gasteiger partial charge in [-0.3, -0.25) is 4.98 Å². The van der Waals surface area contributed by atoms with Gasteiger partial charge >= 0.3 is 0 Å². The van der Waals surface area contributed by atoms with E-state index in [2.05, 4.69) is 26.0 Å². The Kier molecular flexibility index (Phi) is 2.94. The second-order valence-corrected chi connectivity index (χ2v) is 5.57.